The Morgan fingerprint density at radius 3 is 2.16 bits per heavy atom. The maximum atomic E-state index is 12.2. The van der Waals surface area contributed by atoms with E-state index in [0.29, 0.717) is 0 Å². The van der Waals surface area contributed by atoms with E-state index in [4.69, 9.17) is 28.4 Å². The monoisotopic (exact) mass is 360 g/mol. The molecule has 0 bridgehead atoms. The van der Waals surface area contributed by atoms with Gasteiger partial charge in [0, 0.05) is 7.11 Å². The molecule has 0 aliphatic carbocycles. The molecule has 2 heterocycles. The van der Waals surface area contributed by atoms with Crippen LogP contribution in [0, 0.1) is 11.8 Å². The molecule has 6 atom stereocenters. The molecular weight excluding hydrogens is 332 g/mol. The number of carbonyl (C=O) groups excluding carboxylic acids is 2. The Morgan fingerprint density at radius 1 is 1.04 bits per heavy atom. The van der Waals surface area contributed by atoms with E-state index in [-0.39, 0.29) is 25.4 Å². The van der Waals surface area contributed by atoms with E-state index in [1.54, 1.807) is 20.8 Å². The zero-order valence-corrected chi connectivity index (χ0v) is 15.6. The summed E-state index contributed by atoms with van der Waals surface area (Å²) < 4.78 is 32.9. The number of ether oxygens (including phenoxy) is 6. The third-order valence-electron chi connectivity index (χ3n) is 4.51. The first-order valence-corrected chi connectivity index (χ1v) is 8.57. The Balaban J connectivity index is 1.90. The van der Waals surface area contributed by atoms with Crippen LogP contribution in [0.5, 0.6) is 0 Å². The summed E-state index contributed by atoms with van der Waals surface area (Å²) in [6.45, 7) is 8.89. The molecule has 0 amide bonds. The van der Waals surface area contributed by atoms with Crippen molar-refractivity contribution in [2.24, 2.45) is 11.8 Å². The first-order chi connectivity index (χ1) is 11.7. The minimum absolute atomic E-state index is 0.000808. The highest BCUT2D eigenvalue weighted by molar-refractivity contribution is 5.81. The minimum Gasteiger partial charge on any atom is -0.466 e. The van der Waals surface area contributed by atoms with Crippen molar-refractivity contribution in [3.05, 3.63) is 0 Å². The van der Waals surface area contributed by atoms with Crippen LogP contribution in [0.2, 0.25) is 0 Å². The minimum atomic E-state index is -0.746. The number of esters is 2. The van der Waals surface area contributed by atoms with E-state index in [1.807, 2.05) is 13.8 Å². The Bertz CT molecular complexity index is 491. The zero-order valence-electron chi connectivity index (χ0n) is 15.6. The standard InChI is InChI=1S/C17H28O8/c1-7-21-14(18)9(2)10(3)15(19)22-8-11-12-13(16(20-6)23-11)25-17(4,5)24-12/h9-13,16H,7-8H2,1-6H3. The van der Waals surface area contributed by atoms with Crippen LogP contribution in [-0.4, -0.2) is 62.7 Å². The van der Waals surface area contributed by atoms with Crippen LogP contribution >= 0.6 is 0 Å². The van der Waals surface area contributed by atoms with Gasteiger partial charge in [-0.15, -0.1) is 0 Å². The fourth-order valence-corrected chi connectivity index (χ4v) is 2.94. The van der Waals surface area contributed by atoms with Gasteiger partial charge in [0.05, 0.1) is 18.4 Å². The predicted octanol–water partition coefficient (Wildman–Crippen LogP) is 1.26. The summed E-state index contributed by atoms with van der Waals surface area (Å²) in [5.74, 6) is -2.85. The average Bonchev–Trinajstić information content (AvgIpc) is 3.04. The highest BCUT2D eigenvalue weighted by Crippen LogP contribution is 2.39. The molecule has 0 spiro atoms. The summed E-state index contributed by atoms with van der Waals surface area (Å²) in [6, 6.07) is 0. The van der Waals surface area contributed by atoms with Crippen LogP contribution in [-0.2, 0) is 38.0 Å². The molecule has 0 N–H and O–H groups in total. The number of carbonyl (C=O) groups is 2. The van der Waals surface area contributed by atoms with Gasteiger partial charge in [-0.3, -0.25) is 9.59 Å². The molecular formula is C17H28O8. The van der Waals surface area contributed by atoms with Gasteiger partial charge in [-0.2, -0.15) is 0 Å². The lowest BCUT2D eigenvalue weighted by molar-refractivity contribution is -0.231. The lowest BCUT2D eigenvalue weighted by Crippen LogP contribution is -2.35. The second kappa shape index (κ2) is 7.99. The maximum absolute atomic E-state index is 12.2. The van der Waals surface area contributed by atoms with E-state index in [9.17, 15) is 9.59 Å². The summed E-state index contributed by atoms with van der Waals surface area (Å²) in [5.41, 5.74) is 0. The number of hydrogen-bond donors (Lipinski definition) is 0. The quantitative estimate of drug-likeness (QED) is 0.627. The van der Waals surface area contributed by atoms with Gasteiger partial charge in [0.15, 0.2) is 12.1 Å². The molecule has 25 heavy (non-hydrogen) atoms. The molecule has 2 rings (SSSR count). The molecule has 2 saturated heterocycles. The average molecular weight is 360 g/mol. The maximum Gasteiger partial charge on any atom is 0.309 e. The molecule has 0 saturated carbocycles. The van der Waals surface area contributed by atoms with E-state index in [2.05, 4.69) is 0 Å². The number of hydrogen-bond acceptors (Lipinski definition) is 8. The highest BCUT2D eigenvalue weighted by atomic mass is 16.8. The fraction of sp³-hybridized carbons (Fsp3) is 0.882. The molecule has 8 heteroatoms. The van der Waals surface area contributed by atoms with Gasteiger partial charge in [0.25, 0.3) is 0 Å². The third kappa shape index (κ3) is 4.49. The summed E-state index contributed by atoms with van der Waals surface area (Å²) >= 11 is 0. The molecule has 0 aromatic rings. The van der Waals surface area contributed by atoms with Crippen LogP contribution in [0.1, 0.15) is 34.6 Å². The summed E-state index contributed by atoms with van der Waals surface area (Å²) in [5, 5.41) is 0. The molecule has 144 valence electrons. The topological polar surface area (TPSA) is 89.5 Å². The van der Waals surface area contributed by atoms with Gasteiger partial charge in [-0.25, -0.2) is 0 Å². The Kier molecular flexibility index (Phi) is 6.42. The van der Waals surface area contributed by atoms with Gasteiger partial charge < -0.3 is 28.4 Å². The SMILES string of the molecule is CCOC(=O)C(C)C(C)C(=O)OCC1OC(OC)C2OC(C)(C)OC12. The van der Waals surface area contributed by atoms with E-state index in [1.165, 1.54) is 7.11 Å². The normalized spacial score (nSPS) is 32.7. The summed E-state index contributed by atoms with van der Waals surface area (Å²) in [4.78, 5) is 24.0. The molecule has 0 aromatic heterocycles. The largest absolute Gasteiger partial charge is 0.466 e. The van der Waals surface area contributed by atoms with Crippen LogP contribution in [0.25, 0.3) is 0 Å². The zero-order chi connectivity index (χ0) is 18.8. The van der Waals surface area contributed by atoms with E-state index < -0.39 is 42.0 Å². The Morgan fingerprint density at radius 2 is 1.60 bits per heavy atom. The third-order valence-corrected chi connectivity index (χ3v) is 4.51. The molecule has 2 aliphatic heterocycles. The Hall–Kier alpha value is -1.22. The van der Waals surface area contributed by atoms with Crippen molar-refractivity contribution in [2.45, 2.75) is 65.0 Å². The first kappa shape index (κ1) is 20.1. The van der Waals surface area contributed by atoms with Crippen LogP contribution < -0.4 is 0 Å². The van der Waals surface area contributed by atoms with Crippen molar-refractivity contribution >= 4 is 11.9 Å². The lowest BCUT2D eigenvalue weighted by atomic mass is 9.96. The molecule has 0 aromatic carbocycles. The lowest BCUT2D eigenvalue weighted by Gasteiger charge is -2.24. The van der Waals surface area contributed by atoms with Crippen LogP contribution in [0.15, 0.2) is 0 Å². The van der Waals surface area contributed by atoms with E-state index in [0.717, 1.165) is 0 Å². The second-order valence-electron chi connectivity index (χ2n) is 6.80. The number of methoxy groups -OCH3 is 1. The van der Waals surface area contributed by atoms with Crippen molar-refractivity contribution in [3.63, 3.8) is 0 Å². The molecule has 2 aliphatic rings. The molecule has 8 nitrogen and oxygen atoms in total. The summed E-state index contributed by atoms with van der Waals surface area (Å²) in [7, 11) is 1.52. The van der Waals surface area contributed by atoms with Crippen molar-refractivity contribution in [1.82, 2.24) is 0 Å². The van der Waals surface area contributed by atoms with Crippen molar-refractivity contribution in [1.29, 1.82) is 0 Å². The van der Waals surface area contributed by atoms with Gasteiger partial charge >= 0.3 is 11.9 Å². The summed E-state index contributed by atoms with van der Waals surface area (Å²) in [6.07, 6.45) is -1.83. The first-order valence-electron chi connectivity index (χ1n) is 8.57. The van der Waals surface area contributed by atoms with Gasteiger partial charge in [-0.1, -0.05) is 13.8 Å². The van der Waals surface area contributed by atoms with Gasteiger partial charge in [0.2, 0.25) is 0 Å². The van der Waals surface area contributed by atoms with Crippen molar-refractivity contribution in [3.8, 4) is 0 Å². The van der Waals surface area contributed by atoms with Gasteiger partial charge in [-0.05, 0) is 20.8 Å². The number of fused-ring (bicyclic) bond motifs is 1. The second-order valence-corrected chi connectivity index (χ2v) is 6.80. The fourth-order valence-electron chi connectivity index (χ4n) is 2.94. The van der Waals surface area contributed by atoms with Crippen molar-refractivity contribution in [2.75, 3.05) is 20.3 Å². The molecule has 2 fully saturated rings. The Labute approximate surface area is 148 Å². The number of rotatable bonds is 7. The predicted molar refractivity (Wildman–Crippen MR) is 85.4 cm³/mol. The molecule has 0 radical (unpaired) electrons. The van der Waals surface area contributed by atoms with Crippen LogP contribution in [0.4, 0.5) is 0 Å². The molecule has 6 unspecified atom stereocenters. The van der Waals surface area contributed by atoms with Gasteiger partial charge in [0.1, 0.15) is 24.9 Å². The van der Waals surface area contributed by atoms with E-state index >= 15 is 0 Å². The van der Waals surface area contributed by atoms with Crippen molar-refractivity contribution < 1.29 is 38.0 Å². The smallest absolute Gasteiger partial charge is 0.309 e. The highest BCUT2D eigenvalue weighted by Gasteiger charge is 2.55. The van der Waals surface area contributed by atoms with Crippen LogP contribution in [0.3, 0.4) is 0 Å².